The monoisotopic (exact) mass is 456 g/mol. The van der Waals surface area contributed by atoms with Crippen LogP contribution in [-0.2, 0) is 0 Å². The molecule has 0 bridgehead atoms. The van der Waals surface area contributed by atoms with Gasteiger partial charge in [-0.3, -0.25) is 4.79 Å². The van der Waals surface area contributed by atoms with Gasteiger partial charge in [0, 0.05) is 31.2 Å². The number of fused-ring (bicyclic) bond motifs is 1. The molecule has 3 aromatic rings. The number of aromatic nitrogens is 3. The Morgan fingerprint density at radius 2 is 2.12 bits per heavy atom. The van der Waals surface area contributed by atoms with Crippen LogP contribution in [0.1, 0.15) is 42.8 Å². The summed E-state index contributed by atoms with van der Waals surface area (Å²) in [6.45, 7) is 5.96. The number of carbonyl (C=O) groups excluding carboxylic acids is 1. The Morgan fingerprint density at radius 1 is 1.31 bits per heavy atom. The Labute approximate surface area is 190 Å². The van der Waals surface area contributed by atoms with E-state index in [1.54, 1.807) is 16.9 Å². The number of nitrogens with zero attached hydrogens (tertiary/aromatic N) is 4. The maximum atomic E-state index is 12.5. The van der Waals surface area contributed by atoms with Crippen LogP contribution in [0.5, 0.6) is 0 Å². The maximum absolute atomic E-state index is 12.5. The van der Waals surface area contributed by atoms with Gasteiger partial charge in [0.05, 0.1) is 29.2 Å². The number of hydrogen-bond donors (Lipinski definition) is 3. The summed E-state index contributed by atoms with van der Waals surface area (Å²) in [5, 5.41) is 21.9. The number of nitrogens with one attached hydrogen (secondary N) is 2. The van der Waals surface area contributed by atoms with Gasteiger partial charge in [0.2, 0.25) is 0 Å². The molecule has 3 N–H and O–H groups in total. The summed E-state index contributed by atoms with van der Waals surface area (Å²) in [4.78, 5) is 30.3. The van der Waals surface area contributed by atoms with Crippen LogP contribution in [0.25, 0.3) is 16.8 Å². The lowest BCUT2D eigenvalue weighted by Gasteiger charge is -2.13. The number of rotatable bonds is 8. The fourth-order valence-electron chi connectivity index (χ4n) is 3.95. The van der Waals surface area contributed by atoms with Gasteiger partial charge >= 0.3 is 6.09 Å². The minimum Gasteiger partial charge on any atom is -0.465 e. The van der Waals surface area contributed by atoms with Crippen molar-refractivity contribution in [2.45, 2.75) is 39.2 Å². The minimum absolute atomic E-state index is 0.0424. The van der Waals surface area contributed by atoms with E-state index in [0.29, 0.717) is 24.5 Å². The van der Waals surface area contributed by atoms with Gasteiger partial charge in [0.15, 0.2) is 5.65 Å². The molecule has 2 amide bonds. The number of amides is 2. The predicted octanol–water partition coefficient (Wildman–Crippen LogP) is 3.79. The molecule has 0 aliphatic carbocycles. The van der Waals surface area contributed by atoms with Crippen LogP contribution in [0.2, 0.25) is 0 Å². The van der Waals surface area contributed by atoms with Gasteiger partial charge in [-0.25, -0.2) is 14.3 Å². The van der Waals surface area contributed by atoms with E-state index >= 15 is 0 Å². The van der Waals surface area contributed by atoms with Crippen molar-refractivity contribution < 1.29 is 14.7 Å². The molecule has 1 aliphatic rings. The predicted molar refractivity (Wildman–Crippen MR) is 124 cm³/mol. The first-order valence-corrected chi connectivity index (χ1v) is 11.8. The molecule has 1 fully saturated rings. The molecule has 170 valence electrons. The van der Waals surface area contributed by atoms with Crippen molar-refractivity contribution in [1.82, 2.24) is 24.8 Å². The zero-order valence-electron chi connectivity index (χ0n) is 18.2. The number of carbonyl (C=O) groups is 2. The zero-order chi connectivity index (χ0) is 22.7. The Hall–Kier alpha value is -3.14. The van der Waals surface area contributed by atoms with E-state index < -0.39 is 6.09 Å². The fourth-order valence-corrected chi connectivity index (χ4v) is 4.76. The molecule has 0 aromatic carbocycles. The van der Waals surface area contributed by atoms with Gasteiger partial charge in [-0.15, -0.1) is 11.3 Å². The number of hydrogen-bond acceptors (Lipinski definition) is 6. The molecular weight excluding hydrogens is 428 g/mol. The van der Waals surface area contributed by atoms with Gasteiger partial charge < -0.3 is 20.6 Å². The molecule has 32 heavy (non-hydrogen) atoms. The third kappa shape index (κ3) is 4.69. The van der Waals surface area contributed by atoms with Crippen LogP contribution in [-0.4, -0.2) is 62.3 Å². The van der Waals surface area contributed by atoms with Crippen LogP contribution in [0.3, 0.4) is 0 Å². The van der Waals surface area contributed by atoms with Crippen molar-refractivity contribution in [2.75, 3.05) is 25.0 Å². The topological polar surface area (TPSA) is 112 Å². The van der Waals surface area contributed by atoms with Crippen molar-refractivity contribution in [3.05, 3.63) is 34.9 Å². The second kappa shape index (κ2) is 9.56. The zero-order valence-corrected chi connectivity index (χ0v) is 19.1. The van der Waals surface area contributed by atoms with Crippen molar-refractivity contribution in [3.63, 3.8) is 0 Å². The van der Waals surface area contributed by atoms with E-state index in [4.69, 9.17) is 5.11 Å². The van der Waals surface area contributed by atoms with E-state index in [1.807, 2.05) is 17.6 Å². The Balaban J connectivity index is 1.43. The minimum atomic E-state index is -0.857. The van der Waals surface area contributed by atoms with Gasteiger partial charge in [-0.1, -0.05) is 13.8 Å². The third-order valence-electron chi connectivity index (χ3n) is 5.96. The van der Waals surface area contributed by atoms with E-state index in [0.717, 1.165) is 41.7 Å². The summed E-state index contributed by atoms with van der Waals surface area (Å²) in [6.07, 6.45) is 7.22. The highest BCUT2D eigenvalue weighted by atomic mass is 32.1. The Morgan fingerprint density at radius 3 is 2.84 bits per heavy atom. The average molecular weight is 457 g/mol. The molecule has 1 atom stereocenters. The molecule has 0 radical (unpaired) electrons. The lowest BCUT2D eigenvalue weighted by Crippen LogP contribution is -2.33. The van der Waals surface area contributed by atoms with E-state index in [1.165, 1.54) is 16.2 Å². The maximum Gasteiger partial charge on any atom is 0.407 e. The average Bonchev–Trinajstić information content (AvgIpc) is 3.54. The first-order valence-electron chi connectivity index (χ1n) is 10.9. The normalized spacial score (nSPS) is 16.1. The molecule has 1 aliphatic heterocycles. The molecule has 1 unspecified atom stereocenters. The highest BCUT2D eigenvalue weighted by Gasteiger charge is 2.25. The van der Waals surface area contributed by atoms with Crippen molar-refractivity contribution in [2.24, 2.45) is 5.92 Å². The molecule has 0 saturated carbocycles. The van der Waals surface area contributed by atoms with Crippen molar-refractivity contribution >= 4 is 34.7 Å². The van der Waals surface area contributed by atoms with Gasteiger partial charge in [0.1, 0.15) is 0 Å². The number of carboxylic acid groups (broad SMARTS) is 1. The number of likely N-dealkylation sites (tertiary alicyclic amines) is 1. The first-order chi connectivity index (χ1) is 15.5. The number of thiophene rings is 1. The van der Waals surface area contributed by atoms with Crippen LogP contribution >= 0.6 is 11.3 Å². The molecule has 4 rings (SSSR count). The van der Waals surface area contributed by atoms with Crippen molar-refractivity contribution in [3.8, 4) is 11.1 Å². The fraction of sp³-hybridized carbons (Fsp3) is 0.455. The first kappa shape index (κ1) is 22.1. The SMILES string of the molecule is CCC(CC)NC(=O)c1cc(-c2cnn3cc(NCC4CCN(C(=O)O)C4)cnc23)cs1. The largest absolute Gasteiger partial charge is 0.465 e. The molecule has 4 heterocycles. The standard InChI is InChI=1S/C22H28N6O3S/c1-3-16(4-2)26-21(29)19-7-15(13-32-19)18-10-25-28-12-17(9-24-20(18)28)23-8-14-5-6-27(11-14)22(30)31/h7,9-10,12-14,16,23H,3-6,8,11H2,1-2H3,(H,26,29)(H,30,31). The molecule has 9 nitrogen and oxygen atoms in total. The third-order valence-corrected chi connectivity index (χ3v) is 6.89. The highest BCUT2D eigenvalue weighted by Crippen LogP contribution is 2.29. The van der Waals surface area contributed by atoms with E-state index in [2.05, 4.69) is 34.6 Å². The van der Waals surface area contributed by atoms with Crippen LogP contribution in [0.15, 0.2) is 30.0 Å². The molecule has 3 aromatic heterocycles. The van der Waals surface area contributed by atoms with Crippen LogP contribution < -0.4 is 10.6 Å². The summed E-state index contributed by atoms with van der Waals surface area (Å²) in [5.41, 5.74) is 3.35. The van der Waals surface area contributed by atoms with Gasteiger partial charge in [0.25, 0.3) is 5.91 Å². The highest BCUT2D eigenvalue weighted by molar-refractivity contribution is 7.12. The number of anilines is 1. The summed E-state index contributed by atoms with van der Waals surface area (Å²) in [5.74, 6) is 0.240. The molecule has 1 saturated heterocycles. The summed E-state index contributed by atoms with van der Waals surface area (Å²) >= 11 is 1.42. The lowest BCUT2D eigenvalue weighted by molar-refractivity contribution is 0.0939. The quantitative estimate of drug-likeness (QED) is 0.476. The van der Waals surface area contributed by atoms with Crippen LogP contribution in [0, 0.1) is 5.92 Å². The second-order valence-corrected chi connectivity index (χ2v) is 9.03. The van der Waals surface area contributed by atoms with Gasteiger partial charge in [-0.2, -0.15) is 5.10 Å². The lowest BCUT2D eigenvalue weighted by atomic mass is 10.1. The molecule has 0 spiro atoms. The van der Waals surface area contributed by atoms with Crippen molar-refractivity contribution in [1.29, 1.82) is 0 Å². The second-order valence-electron chi connectivity index (χ2n) is 8.12. The summed E-state index contributed by atoms with van der Waals surface area (Å²) in [7, 11) is 0. The molecule has 10 heteroatoms. The Bertz CT molecular complexity index is 1110. The van der Waals surface area contributed by atoms with Gasteiger partial charge in [-0.05, 0) is 42.2 Å². The van der Waals surface area contributed by atoms with E-state index in [-0.39, 0.29) is 17.9 Å². The Kier molecular flexibility index (Phi) is 6.59. The summed E-state index contributed by atoms with van der Waals surface area (Å²) in [6, 6.07) is 2.08. The smallest absolute Gasteiger partial charge is 0.407 e. The molecular formula is C22H28N6O3S. The summed E-state index contributed by atoms with van der Waals surface area (Å²) < 4.78 is 1.72. The van der Waals surface area contributed by atoms with Crippen LogP contribution in [0.4, 0.5) is 10.5 Å². The van der Waals surface area contributed by atoms with E-state index in [9.17, 15) is 9.59 Å².